The summed E-state index contributed by atoms with van der Waals surface area (Å²) in [5.74, 6) is 0.934. The van der Waals surface area contributed by atoms with Crippen molar-refractivity contribution in [3.63, 3.8) is 0 Å². The first-order chi connectivity index (χ1) is 13.9. The minimum absolute atomic E-state index is 0. The van der Waals surface area contributed by atoms with Crippen molar-refractivity contribution in [3.05, 3.63) is 34.9 Å². The highest BCUT2D eigenvalue weighted by molar-refractivity contribution is 14.0. The number of hydrogen-bond acceptors (Lipinski definition) is 4. The Balaban J connectivity index is 0.00000450. The first-order valence-corrected chi connectivity index (χ1v) is 12.2. The van der Waals surface area contributed by atoms with E-state index in [0.717, 1.165) is 24.9 Å². The topological polar surface area (TPSA) is 83.0 Å². The summed E-state index contributed by atoms with van der Waals surface area (Å²) < 4.78 is 31.7. The van der Waals surface area contributed by atoms with E-state index in [0.29, 0.717) is 37.0 Å². The van der Waals surface area contributed by atoms with E-state index in [1.54, 1.807) is 11.4 Å². The Kier molecular flexibility index (Phi) is 12.5. The molecule has 7 nitrogen and oxygen atoms in total. The molecule has 1 unspecified atom stereocenters. The molecule has 1 aromatic carbocycles. The maximum atomic E-state index is 12.2. The third-order valence-electron chi connectivity index (χ3n) is 4.91. The predicted octanol–water partition coefficient (Wildman–Crippen LogP) is 3.40. The van der Waals surface area contributed by atoms with Crippen LogP contribution in [-0.2, 0) is 14.8 Å². The van der Waals surface area contributed by atoms with Crippen molar-refractivity contribution in [2.45, 2.75) is 45.3 Å². The molecule has 0 saturated carbocycles. The van der Waals surface area contributed by atoms with Gasteiger partial charge in [0.1, 0.15) is 6.10 Å². The van der Waals surface area contributed by atoms with Gasteiger partial charge < -0.3 is 15.4 Å². The lowest BCUT2D eigenvalue weighted by atomic mass is 10.1. The summed E-state index contributed by atoms with van der Waals surface area (Å²) >= 11 is 6.09. The first-order valence-electron chi connectivity index (χ1n) is 10.2. The van der Waals surface area contributed by atoms with Crippen molar-refractivity contribution in [2.24, 2.45) is 4.99 Å². The molecule has 1 heterocycles. The van der Waals surface area contributed by atoms with Crippen molar-refractivity contribution in [1.29, 1.82) is 0 Å². The number of piperidine rings is 1. The predicted molar refractivity (Wildman–Crippen MR) is 134 cm³/mol. The molecule has 0 aromatic heterocycles. The minimum Gasteiger partial charge on any atom is -0.375 e. The lowest BCUT2D eigenvalue weighted by Gasteiger charge is -2.32. The summed E-state index contributed by atoms with van der Waals surface area (Å²) in [7, 11) is -1.46. The smallest absolute Gasteiger partial charge is 0.214 e. The standard InChI is InChI=1S/C20H33ClN4O3S.HI/c1-4-13-29(26,27)25-11-9-18(10-12-25)24-20(22-5-2)23-15-19(28-3)16-7-6-8-17(21)14-16;/h6-8,14,18-19H,4-5,9-13,15H2,1-3H3,(H2,22,23,24);1H. The van der Waals surface area contributed by atoms with E-state index in [4.69, 9.17) is 16.3 Å². The third-order valence-corrected chi connectivity index (χ3v) is 7.23. The lowest BCUT2D eigenvalue weighted by molar-refractivity contribution is 0.111. The zero-order valence-electron chi connectivity index (χ0n) is 17.9. The molecular formula is C20H34ClIN4O3S. The number of nitrogens with zero attached hydrogens (tertiary/aromatic N) is 2. The van der Waals surface area contributed by atoms with Gasteiger partial charge in [-0.25, -0.2) is 12.7 Å². The molecule has 2 N–H and O–H groups in total. The normalized spacial score (nSPS) is 17.3. The van der Waals surface area contributed by atoms with Crippen LogP contribution in [0, 0.1) is 0 Å². The Morgan fingerprint density at radius 1 is 1.33 bits per heavy atom. The van der Waals surface area contributed by atoms with Crippen molar-refractivity contribution in [3.8, 4) is 0 Å². The van der Waals surface area contributed by atoms with Crippen LogP contribution in [-0.4, -0.2) is 63.8 Å². The van der Waals surface area contributed by atoms with Crippen LogP contribution in [0.2, 0.25) is 5.02 Å². The quantitative estimate of drug-likeness (QED) is 0.269. The maximum absolute atomic E-state index is 12.2. The molecule has 2 rings (SSSR count). The third kappa shape index (κ3) is 8.49. The van der Waals surface area contributed by atoms with Crippen molar-refractivity contribution >= 4 is 51.6 Å². The lowest BCUT2D eigenvalue weighted by Crippen LogP contribution is -2.50. The molecule has 1 aliphatic heterocycles. The zero-order valence-corrected chi connectivity index (χ0v) is 21.8. The molecule has 0 bridgehead atoms. The monoisotopic (exact) mass is 572 g/mol. The maximum Gasteiger partial charge on any atom is 0.214 e. The number of sulfonamides is 1. The van der Waals surface area contributed by atoms with E-state index in [2.05, 4.69) is 15.6 Å². The van der Waals surface area contributed by atoms with E-state index >= 15 is 0 Å². The highest BCUT2D eigenvalue weighted by Crippen LogP contribution is 2.21. The molecule has 0 radical (unpaired) electrons. The zero-order chi connectivity index (χ0) is 21.3. The summed E-state index contributed by atoms with van der Waals surface area (Å²) in [6.45, 7) is 6.19. The van der Waals surface area contributed by atoms with Gasteiger partial charge in [-0.15, -0.1) is 24.0 Å². The van der Waals surface area contributed by atoms with Crippen LogP contribution in [0.4, 0.5) is 0 Å². The largest absolute Gasteiger partial charge is 0.375 e. The second kappa shape index (κ2) is 13.7. The average molecular weight is 573 g/mol. The molecular weight excluding hydrogens is 539 g/mol. The van der Waals surface area contributed by atoms with Crippen molar-refractivity contribution < 1.29 is 13.2 Å². The Bertz CT molecular complexity index is 771. The SMILES string of the molecule is CCCS(=O)(=O)N1CCC(NC(=NCC(OC)c2cccc(Cl)c2)NCC)CC1.I. The molecule has 10 heteroatoms. The molecule has 0 spiro atoms. The van der Waals surface area contributed by atoms with Crippen molar-refractivity contribution in [2.75, 3.05) is 39.0 Å². The number of benzene rings is 1. The summed E-state index contributed by atoms with van der Waals surface area (Å²) in [5, 5.41) is 7.37. The van der Waals surface area contributed by atoms with Gasteiger partial charge in [0.25, 0.3) is 0 Å². The average Bonchev–Trinajstić information content (AvgIpc) is 2.69. The van der Waals surface area contributed by atoms with Crippen LogP contribution in [0.3, 0.4) is 0 Å². The second-order valence-corrected chi connectivity index (χ2v) is 9.66. The molecule has 1 fully saturated rings. The number of aliphatic imine (C=N–C) groups is 1. The van der Waals surface area contributed by atoms with Gasteiger partial charge in [0, 0.05) is 37.8 Å². The fourth-order valence-corrected chi connectivity index (χ4v) is 5.12. The van der Waals surface area contributed by atoms with Gasteiger partial charge in [-0.2, -0.15) is 0 Å². The molecule has 30 heavy (non-hydrogen) atoms. The number of nitrogens with one attached hydrogen (secondary N) is 2. The fraction of sp³-hybridized carbons (Fsp3) is 0.650. The van der Waals surface area contributed by atoms with Gasteiger partial charge in [-0.1, -0.05) is 30.7 Å². The van der Waals surface area contributed by atoms with Gasteiger partial charge in [0.2, 0.25) is 10.0 Å². The molecule has 1 saturated heterocycles. The number of guanidine groups is 1. The van der Waals surface area contributed by atoms with Gasteiger partial charge in [0.15, 0.2) is 5.96 Å². The second-order valence-electron chi connectivity index (χ2n) is 7.13. The van der Waals surface area contributed by atoms with E-state index in [-0.39, 0.29) is 41.9 Å². The van der Waals surface area contributed by atoms with E-state index < -0.39 is 10.0 Å². The summed E-state index contributed by atoms with van der Waals surface area (Å²) in [6, 6.07) is 7.78. The van der Waals surface area contributed by atoms with Crippen LogP contribution in [0.15, 0.2) is 29.3 Å². The van der Waals surface area contributed by atoms with Crippen LogP contribution in [0.25, 0.3) is 0 Å². The molecule has 1 aromatic rings. The molecule has 172 valence electrons. The van der Waals surface area contributed by atoms with E-state index in [1.807, 2.05) is 38.1 Å². The summed E-state index contributed by atoms with van der Waals surface area (Å²) in [4.78, 5) is 4.68. The van der Waals surface area contributed by atoms with Crippen LogP contribution in [0.5, 0.6) is 0 Å². The summed E-state index contributed by atoms with van der Waals surface area (Å²) in [6.07, 6.45) is 1.97. The van der Waals surface area contributed by atoms with Gasteiger partial charge in [-0.05, 0) is 43.9 Å². The number of hydrogen-bond donors (Lipinski definition) is 2. The number of methoxy groups -OCH3 is 1. The number of ether oxygens (including phenoxy) is 1. The Morgan fingerprint density at radius 2 is 2.03 bits per heavy atom. The fourth-order valence-electron chi connectivity index (χ4n) is 3.38. The number of halogens is 2. The Morgan fingerprint density at radius 3 is 2.60 bits per heavy atom. The molecule has 1 aliphatic rings. The van der Waals surface area contributed by atoms with Gasteiger partial charge in [0.05, 0.1) is 12.3 Å². The highest BCUT2D eigenvalue weighted by Gasteiger charge is 2.27. The molecule has 0 amide bonds. The molecule has 1 atom stereocenters. The van der Waals surface area contributed by atoms with Crippen LogP contribution in [0.1, 0.15) is 44.8 Å². The number of rotatable bonds is 9. The highest BCUT2D eigenvalue weighted by atomic mass is 127. The molecule has 0 aliphatic carbocycles. The van der Waals surface area contributed by atoms with Crippen LogP contribution >= 0.6 is 35.6 Å². The van der Waals surface area contributed by atoms with Crippen LogP contribution < -0.4 is 10.6 Å². The first kappa shape index (κ1) is 27.4. The van der Waals surface area contributed by atoms with Gasteiger partial charge in [-0.3, -0.25) is 4.99 Å². The summed E-state index contributed by atoms with van der Waals surface area (Å²) in [5.41, 5.74) is 0.981. The Hall–Kier alpha value is -0.620. The Labute approximate surface area is 203 Å². The van der Waals surface area contributed by atoms with Gasteiger partial charge >= 0.3 is 0 Å². The minimum atomic E-state index is -3.12. The van der Waals surface area contributed by atoms with Crippen molar-refractivity contribution in [1.82, 2.24) is 14.9 Å². The van der Waals surface area contributed by atoms with E-state index in [1.165, 1.54) is 0 Å². The van der Waals surface area contributed by atoms with E-state index in [9.17, 15) is 8.42 Å².